The summed E-state index contributed by atoms with van der Waals surface area (Å²) in [7, 11) is 2.01. The average Bonchev–Trinajstić information content (AvgIpc) is 3.41. The maximum Gasteiger partial charge on any atom is 0.416 e. The van der Waals surface area contributed by atoms with Gasteiger partial charge in [-0.05, 0) is 69.2 Å². The lowest BCUT2D eigenvalue weighted by Gasteiger charge is -2.45. The number of alkyl halides is 3. The number of hydrogen-bond acceptors (Lipinski definition) is 5. The molecule has 1 N–H and O–H groups in total. The van der Waals surface area contributed by atoms with Gasteiger partial charge in [-0.2, -0.15) is 13.2 Å². The van der Waals surface area contributed by atoms with Crippen molar-refractivity contribution >= 4 is 12.2 Å². The first-order valence-corrected chi connectivity index (χ1v) is 13.5. The van der Waals surface area contributed by atoms with Crippen LogP contribution in [0.25, 0.3) is 0 Å². The molecule has 1 aromatic rings. The van der Waals surface area contributed by atoms with Crippen molar-refractivity contribution in [1.82, 2.24) is 20.0 Å². The van der Waals surface area contributed by atoms with Crippen molar-refractivity contribution in [1.29, 1.82) is 0 Å². The van der Waals surface area contributed by atoms with E-state index >= 15 is 4.39 Å². The zero-order valence-electron chi connectivity index (χ0n) is 22.5. The molecule has 38 heavy (non-hydrogen) atoms. The molecule has 0 bridgehead atoms. The molecule has 3 heterocycles. The number of nitrogens with zero attached hydrogens (tertiary/aromatic N) is 4. The molecule has 10 heteroatoms. The molecule has 4 atom stereocenters. The van der Waals surface area contributed by atoms with Crippen LogP contribution in [-0.2, 0) is 11.0 Å². The van der Waals surface area contributed by atoms with Gasteiger partial charge in [-0.15, -0.1) is 0 Å². The number of nitrogens with one attached hydrogen (secondary N) is 1. The van der Waals surface area contributed by atoms with Gasteiger partial charge in [-0.3, -0.25) is 9.69 Å². The van der Waals surface area contributed by atoms with Gasteiger partial charge in [0, 0.05) is 56.1 Å². The summed E-state index contributed by atoms with van der Waals surface area (Å²) in [6, 6.07) is 1.96. The van der Waals surface area contributed by atoms with Gasteiger partial charge in [-0.25, -0.2) is 9.38 Å². The zero-order valence-corrected chi connectivity index (χ0v) is 22.5. The fourth-order valence-corrected chi connectivity index (χ4v) is 6.65. The number of carbonyl (C=O) groups excluding carboxylic acids is 1. The molecule has 0 spiro atoms. The van der Waals surface area contributed by atoms with Crippen molar-refractivity contribution in [3.63, 3.8) is 0 Å². The molecule has 1 aliphatic carbocycles. The molecular weight excluding hydrogens is 498 g/mol. The van der Waals surface area contributed by atoms with Gasteiger partial charge in [0.15, 0.2) is 0 Å². The predicted octanol–water partition coefficient (Wildman–Crippen LogP) is 4.59. The molecular formula is C28H37F4N5O. The fraction of sp³-hybridized carbons (Fsp3) is 0.643. The highest BCUT2D eigenvalue weighted by molar-refractivity contribution is 5.85. The molecule has 2 fully saturated rings. The van der Waals surface area contributed by atoms with Crippen molar-refractivity contribution in [3.05, 3.63) is 46.4 Å². The Hall–Kier alpha value is -2.46. The highest BCUT2D eigenvalue weighted by Crippen LogP contribution is 2.40. The summed E-state index contributed by atoms with van der Waals surface area (Å²) in [4.78, 5) is 24.8. The fourth-order valence-electron chi connectivity index (χ4n) is 6.65. The van der Waals surface area contributed by atoms with E-state index in [4.69, 9.17) is 0 Å². The summed E-state index contributed by atoms with van der Waals surface area (Å²) in [5.74, 6) is -1.68. The van der Waals surface area contributed by atoms with E-state index in [1.54, 1.807) is 4.90 Å². The minimum atomic E-state index is -4.62. The van der Waals surface area contributed by atoms with Crippen molar-refractivity contribution < 1.29 is 22.4 Å². The van der Waals surface area contributed by atoms with Gasteiger partial charge in [0.1, 0.15) is 12.0 Å². The van der Waals surface area contributed by atoms with Gasteiger partial charge in [0.2, 0.25) is 5.91 Å². The first-order chi connectivity index (χ1) is 17.9. The van der Waals surface area contributed by atoms with Crippen molar-refractivity contribution in [2.45, 2.75) is 76.3 Å². The van der Waals surface area contributed by atoms with Crippen LogP contribution in [0, 0.1) is 11.7 Å². The van der Waals surface area contributed by atoms with E-state index in [0.717, 1.165) is 43.2 Å². The number of hydrogen-bond donors (Lipinski definition) is 1. The third-order valence-electron chi connectivity index (χ3n) is 8.69. The number of amides is 1. The molecule has 5 rings (SSSR count). The standard InChI is InChI=1S/C28H37F4N5O/c1-17-5-8-21-23(17)25(35(4)16-33-21)36-11-13-37(14-12-36)26(38)24(22-9-10-27(2,3)34-22)19-15-18(28(30,31)32)6-7-20(19)29/h6-7,15-17,22,24-25,34H,5,8-14H2,1-4H3/t17-,22+,24+,25?/m1/s1. The first-order valence-electron chi connectivity index (χ1n) is 13.5. The Morgan fingerprint density at radius 2 is 1.87 bits per heavy atom. The lowest BCUT2D eigenvalue weighted by atomic mass is 9.87. The monoisotopic (exact) mass is 535 g/mol. The Balaban J connectivity index is 1.38. The van der Waals surface area contributed by atoms with Gasteiger partial charge in [0.05, 0.1) is 17.8 Å². The van der Waals surface area contributed by atoms with E-state index in [2.05, 4.69) is 27.0 Å². The summed E-state index contributed by atoms with van der Waals surface area (Å²) < 4.78 is 55.7. The van der Waals surface area contributed by atoms with Crippen LogP contribution < -0.4 is 5.32 Å². The molecule has 0 saturated carbocycles. The SMILES string of the molecule is C[C@@H]1CCC2=C1C(N1CCN(C(=O)[C@@H](c3cc(C(F)(F)F)ccc3F)[C@@H]3CCC(C)(C)N3)CC1)N(C)C=N2. The Morgan fingerprint density at radius 3 is 2.50 bits per heavy atom. The molecule has 1 amide bonds. The maximum absolute atomic E-state index is 15.1. The van der Waals surface area contributed by atoms with Gasteiger partial charge in [0.25, 0.3) is 0 Å². The van der Waals surface area contributed by atoms with E-state index in [1.807, 2.05) is 27.2 Å². The molecule has 1 unspecified atom stereocenters. The topological polar surface area (TPSA) is 51.2 Å². The zero-order chi connectivity index (χ0) is 27.4. The quantitative estimate of drug-likeness (QED) is 0.574. The van der Waals surface area contributed by atoms with E-state index in [-0.39, 0.29) is 23.2 Å². The van der Waals surface area contributed by atoms with Crippen LogP contribution in [0.2, 0.25) is 0 Å². The molecule has 1 aromatic carbocycles. The molecule has 4 aliphatic rings. The number of carbonyl (C=O) groups is 1. The largest absolute Gasteiger partial charge is 0.416 e. The van der Waals surface area contributed by atoms with E-state index in [1.165, 1.54) is 5.57 Å². The van der Waals surface area contributed by atoms with Gasteiger partial charge < -0.3 is 15.1 Å². The molecule has 208 valence electrons. The number of aliphatic imine (C=N–C) groups is 1. The first kappa shape index (κ1) is 27.1. The number of allylic oxidation sites excluding steroid dienone is 1. The van der Waals surface area contributed by atoms with Crippen LogP contribution in [0.4, 0.5) is 17.6 Å². The summed E-state index contributed by atoms with van der Waals surface area (Å²) >= 11 is 0. The second-order valence-electron chi connectivity index (χ2n) is 11.9. The summed E-state index contributed by atoms with van der Waals surface area (Å²) in [6.07, 6.45) is 0.737. The Bertz CT molecular complexity index is 1140. The lowest BCUT2D eigenvalue weighted by Crippen LogP contribution is -2.58. The lowest BCUT2D eigenvalue weighted by molar-refractivity contribution is -0.138. The highest BCUT2D eigenvalue weighted by atomic mass is 19.4. The van der Waals surface area contributed by atoms with Crippen LogP contribution in [0.5, 0.6) is 0 Å². The van der Waals surface area contributed by atoms with Crippen molar-refractivity contribution in [2.24, 2.45) is 10.9 Å². The molecule has 6 nitrogen and oxygen atoms in total. The van der Waals surface area contributed by atoms with Crippen molar-refractivity contribution in [3.8, 4) is 0 Å². The van der Waals surface area contributed by atoms with E-state index in [9.17, 15) is 18.0 Å². The number of likely N-dealkylation sites (N-methyl/N-ethyl adjacent to an activating group) is 1. The Labute approximate surface area is 221 Å². The van der Waals surface area contributed by atoms with Crippen LogP contribution in [0.1, 0.15) is 63.5 Å². The Kier molecular flexibility index (Phi) is 7.09. The molecule has 0 aromatic heterocycles. The molecule has 0 radical (unpaired) electrons. The number of benzene rings is 1. The second-order valence-corrected chi connectivity index (χ2v) is 11.9. The van der Waals surface area contributed by atoms with Crippen LogP contribution in [0.3, 0.4) is 0 Å². The maximum atomic E-state index is 15.1. The number of piperazine rings is 1. The van der Waals surface area contributed by atoms with Crippen LogP contribution >= 0.6 is 0 Å². The summed E-state index contributed by atoms with van der Waals surface area (Å²) in [6.45, 7) is 8.33. The smallest absolute Gasteiger partial charge is 0.346 e. The van der Waals surface area contributed by atoms with Crippen molar-refractivity contribution in [2.75, 3.05) is 33.2 Å². The minimum Gasteiger partial charge on any atom is -0.346 e. The number of rotatable bonds is 4. The summed E-state index contributed by atoms with van der Waals surface area (Å²) in [5.41, 5.74) is 1.10. The predicted molar refractivity (Wildman–Crippen MR) is 138 cm³/mol. The third kappa shape index (κ3) is 5.09. The second kappa shape index (κ2) is 9.93. The van der Waals surface area contributed by atoms with Gasteiger partial charge >= 0.3 is 6.18 Å². The third-order valence-corrected chi connectivity index (χ3v) is 8.69. The normalized spacial score (nSPS) is 28.7. The van der Waals surface area contributed by atoms with Gasteiger partial charge in [-0.1, -0.05) is 6.92 Å². The van der Waals surface area contributed by atoms with E-state index < -0.39 is 29.5 Å². The summed E-state index contributed by atoms with van der Waals surface area (Å²) in [5, 5.41) is 3.40. The van der Waals surface area contributed by atoms with Crippen LogP contribution in [-0.4, -0.2) is 77.9 Å². The highest BCUT2D eigenvalue weighted by Gasteiger charge is 2.44. The minimum absolute atomic E-state index is 0.0891. The molecule has 2 saturated heterocycles. The number of halogens is 4. The molecule has 3 aliphatic heterocycles. The van der Waals surface area contributed by atoms with E-state index in [0.29, 0.717) is 38.5 Å². The van der Waals surface area contributed by atoms with Crippen LogP contribution in [0.15, 0.2) is 34.5 Å². The average molecular weight is 536 g/mol. The Morgan fingerprint density at radius 1 is 1.16 bits per heavy atom.